The van der Waals surface area contributed by atoms with Crippen molar-refractivity contribution >= 4 is 18.0 Å². The van der Waals surface area contributed by atoms with Crippen LogP contribution in [0.5, 0.6) is 17.2 Å². The third-order valence-corrected chi connectivity index (χ3v) is 5.34. The van der Waals surface area contributed by atoms with Crippen LogP contribution in [-0.2, 0) is 6.42 Å². The summed E-state index contributed by atoms with van der Waals surface area (Å²) in [5.41, 5.74) is 6.06. The molecule has 2 aromatic rings. The van der Waals surface area contributed by atoms with Crippen molar-refractivity contribution in [2.24, 2.45) is 4.99 Å². The lowest BCUT2D eigenvalue weighted by molar-refractivity contribution is 0.174. The highest BCUT2D eigenvalue weighted by atomic mass is 16.7. The molecule has 5 nitrogen and oxygen atoms in total. The highest BCUT2D eigenvalue weighted by Gasteiger charge is 2.34. The molecule has 3 aliphatic heterocycles. The summed E-state index contributed by atoms with van der Waals surface area (Å²) in [6.45, 7) is 1.22. The number of methoxy groups -OCH3 is 1. The first kappa shape index (κ1) is 15.3. The van der Waals surface area contributed by atoms with E-state index < -0.39 is 0 Å². The molecule has 1 atom stereocenters. The second-order valence-electron chi connectivity index (χ2n) is 6.65. The summed E-state index contributed by atoms with van der Waals surface area (Å²) in [6, 6.07) is 10.5. The summed E-state index contributed by atoms with van der Waals surface area (Å²) in [6.07, 6.45) is 5.21. The largest absolute Gasteiger partial charge is 0.496 e. The van der Waals surface area contributed by atoms with Crippen molar-refractivity contribution in [3.05, 3.63) is 52.6 Å². The molecule has 2 aromatic carbocycles. The number of ether oxygens (including phenoxy) is 3. The predicted octanol–water partition coefficient (Wildman–Crippen LogP) is 3.54. The first-order chi connectivity index (χ1) is 12.8. The van der Waals surface area contributed by atoms with Crippen LogP contribution in [0.4, 0.5) is 0 Å². The maximum Gasteiger partial charge on any atom is 0.231 e. The van der Waals surface area contributed by atoms with Crippen LogP contribution in [0.15, 0.2) is 35.3 Å². The second-order valence-corrected chi connectivity index (χ2v) is 6.65. The Kier molecular flexibility index (Phi) is 3.42. The van der Waals surface area contributed by atoms with Crippen LogP contribution in [-0.4, -0.2) is 38.6 Å². The van der Waals surface area contributed by atoms with Crippen molar-refractivity contribution in [2.45, 2.75) is 12.5 Å². The molecule has 5 rings (SSSR count). The van der Waals surface area contributed by atoms with E-state index in [2.05, 4.69) is 34.2 Å². The zero-order chi connectivity index (χ0) is 17.7. The standard InChI is InChI=1S/C21H20N2O3/c1-22-11-17-21-14(4-3-5-18(21)24-2)8-16-15-10-20-19(25-12-26-20)9-13(15)6-7-23(16)17/h3-5,8-11,17H,6-7,12H2,1-2H3. The molecule has 0 radical (unpaired) electrons. The molecule has 26 heavy (non-hydrogen) atoms. The van der Waals surface area contributed by atoms with Crippen LogP contribution < -0.4 is 14.2 Å². The number of benzene rings is 2. The van der Waals surface area contributed by atoms with Gasteiger partial charge in [0.05, 0.1) is 13.2 Å². The van der Waals surface area contributed by atoms with E-state index in [0.29, 0.717) is 6.79 Å². The molecule has 0 bridgehead atoms. The number of rotatable bonds is 2. The van der Waals surface area contributed by atoms with Gasteiger partial charge in [-0.15, -0.1) is 0 Å². The molecule has 0 amide bonds. The van der Waals surface area contributed by atoms with Crippen LogP contribution in [0.1, 0.15) is 28.3 Å². The average molecular weight is 348 g/mol. The van der Waals surface area contributed by atoms with Gasteiger partial charge in [0.1, 0.15) is 5.75 Å². The normalized spacial score (nSPS) is 19.7. The van der Waals surface area contributed by atoms with E-state index in [1.54, 1.807) is 7.11 Å². The van der Waals surface area contributed by atoms with Gasteiger partial charge in [-0.25, -0.2) is 0 Å². The Morgan fingerprint density at radius 3 is 2.88 bits per heavy atom. The molecule has 0 aromatic heterocycles. The van der Waals surface area contributed by atoms with Crippen molar-refractivity contribution in [1.29, 1.82) is 0 Å². The number of nitrogens with zero attached hydrogens (tertiary/aromatic N) is 2. The third kappa shape index (κ3) is 2.13. The average Bonchev–Trinajstić information content (AvgIpc) is 3.13. The SMILES string of the molecule is CN=CC1c2c(cccc2OC)C=C2c3cc4c(cc3CCN21)OCO4. The van der Waals surface area contributed by atoms with Gasteiger partial charge < -0.3 is 19.1 Å². The Labute approximate surface area is 152 Å². The van der Waals surface area contributed by atoms with Gasteiger partial charge in [-0.3, -0.25) is 4.99 Å². The van der Waals surface area contributed by atoms with Crippen molar-refractivity contribution in [3.8, 4) is 17.2 Å². The zero-order valence-electron chi connectivity index (χ0n) is 14.9. The molecule has 3 aliphatic rings. The van der Waals surface area contributed by atoms with Crippen molar-refractivity contribution in [2.75, 3.05) is 27.5 Å². The quantitative estimate of drug-likeness (QED) is 0.779. The van der Waals surface area contributed by atoms with Gasteiger partial charge in [-0.05, 0) is 41.8 Å². The van der Waals surface area contributed by atoms with Gasteiger partial charge in [0.2, 0.25) is 6.79 Å². The number of fused-ring (bicyclic) bond motifs is 5. The minimum atomic E-state index is 0.0599. The Bertz CT molecular complexity index is 949. The number of hydrogen-bond donors (Lipinski definition) is 0. The Balaban J connectivity index is 1.72. The molecule has 0 N–H and O–H groups in total. The molecule has 0 aliphatic carbocycles. The molecule has 0 saturated carbocycles. The molecule has 0 saturated heterocycles. The summed E-state index contributed by atoms with van der Waals surface area (Å²) in [5, 5.41) is 0. The summed E-state index contributed by atoms with van der Waals surface area (Å²) in [4.78, 5) is 6.75. The fourth-order valence-electron chi connectivity index (χ4n) is 4.18. The summed E-state index contributed by atoms with van der Waals surface area (Å²) < 4.78 is 16.8. The molecule has 132 valence electrons. The smallest absolute Gasteiger partial charge is 0.231 e. The molecule has 1 unspecified atom stereocenters. The monoisotopic (exact) mass is 348 g/mol. The van der Waals surface area contributed by atoms with E-state index >= 15 is 0 Å². The molecule has 3 heterocycles. The first-order valence-corrected chi connectivity index (χ1v) is 8.80. The maximum atomic E-state index is 5.64. The molecule has 5 heteroatoms. The topological polar surface area (TPSA) is 43.3 Å². The van der Waals surface area contributed by atoms with Crippen LogP contribution in [0.3, 0.4) is 0 Å². The van der Waals surface area contributed by atoms with E-state index in [9.17, 15) is 0 Å². The maximum absolute atomic E-state index is 5.64. The number of aliphatic imine (C=N–C) groups is 1. The zero-order valence-corrected chi connectivity index (χ0v) is 14.9. The summed E-state index contributed by atoms with van der Waals surface area (Å²) >= 11 is 0. The van der Waals surface area contributed by atoms with Crippen LogP contribution in [0.25, 0.3) is 11.8 Å². The van der Waals surface area contributed by atoms with Gasteiger partial charge in [-0.2, -0.15) is 0 Å². The van der Waals surface area contributed by atoms with Gasteiger partial charge >= 0.3 is 0 Å². The van der Waals surface area contributed by atoms with E-state index in [1.165, 1.54) is 28.0 Å². The highest BCUT2D eigenvalue weighted by molar-refractivity contribution is 5.91. The Hall–Kier alpha value is -2.95. The van der Waals surface area contributed by atoms with Crippen LogP contribution >= 0.6 is 0 Å². The molecular formula is C21H20N2O3. The van der Waals surface area contributed by atoms with E-state index in [-0.39, 0.29) is 6.04 Å². The van der Waals surface area contributed by atoms with Crippen molar-refractivity contribution < 1.29 is 14.2 Å². The lowest BCUT2D eigenvalue weighted by Crippen LogP contribution is -2.36. The fourth-order valence-corrected chi connectivity index (χ4v) is 4.18. The van der Waals surface area contributed by atoms with Crippen LogP contribution in [0, 0.1) is 0 Å². The van der Waals surface area contributed by atoms with Gasteiger partial charge in [-0.1, -0.05) is 12.1 Å². The summed E-state index contributed by atoms with van der Waals surface area (Å²) in [5.74, 6) is 2.57. The molecule has 0 spiro atoms. The minimum absolute atomic E-state index is 0.0599. The third-order valence-electron chi connectivity index (χ3n) is 5.34. The second kappa shape index (κ2) is 5.80. The summed E-state index contributed by atoms with van der Waals surface area (Å²) in [7, 11) is 3.55. The van der Waals surface area contributed by atoms with Gasteiger partial charge in [0, 0.05) is 36.6 Å². The lowest BCUT2D eigenvalue weighted by Gasteiger charge is -2.41. The fraction of sp³-hybridized carbons (Fsp3) is 0.286. The minimum Gasteiger partial charge on any atom is -0.496 e. The van der Waals surface area contributed by atoms with E-state index in [0.717, 1.165) is 30.2 Å². The van der Waals surface area contributed by atoms with Crippen molar-refractivity contribution in [1.82, 2.24) is 4.90 Å². The molecular weight excluding hydrogens is 328 g/mol. The first-order valence-electron chi connectivity index (χ1n) is 8.80. The Morgan fingerprint density at radius 1 is 1.23 bits per heavy atom. The number of hydrogen-bond acceptors (Lipinski definition) is 5. The lowest BCUT2D eigenvalue weighted by atomic mass is 9.86. The Morgan fingerprint density at radius 2 is 2.08 bits per heavy atom. The highest BCUT2D eigenvalue weighted by Crippen LogP contribution is 2.47. The van der Waals surface area contributed by atoms with Gasteiger partial charge in [0.15, 0.2) is 11.5 Å². The van der Waals surface area contributed by atoms with E-state index in [1.807, 2.05) is 25.4 Å². The van der Waals surface area contributed by atoms with Crippen LogP contribution in [0.2, 0.25) is 0 Å². The molecule has 0 fully saturated rings. The van der Waals surface area contributed by atoms with Crippen molar-refractivity contribution in [3.63, 3.8) is 0 Å². The van der Waals surface area contributed by atoms with E-state index in [4.69, 9.17) is 14.2 Å². The predicted molar refractivity (Wildman–Crippen MR) is 101 cm³/mol. The van der Waals surface area contributed by atoms with Gasteiger partial charge in [0.25, 0.3) is 0 Å².